The summed E-state index contributed by atoms with van der Waals surface area (Å²) in [6.45, 7) is 6.71. The molecule has 1 aromatic rings. The second-order valence-corrected chi connectivity index (χ2v) is 5.91. The molecule has 0 spiro atoms. The Morgan fingerprint density at radius 3 is 2.77 bits per heavy atom. The Morgan fingerprint density at radius 1 is 1.41 bits per heavy atom. The number of hydrogen-bond donors (Lipinski definition) is 2. The standard InChI is InChI=1S/C16H24FN3O2/c1-11-9-20(10-12(2)22-11)7-3-4-16(21)19-15-8-13(18)5-6-14(15)17/h5-6,8,11-12H,3-4,7,9-10,18H2,1-2H3,(H,19,21). The van der Waals surface area contributed by atoms with Crippen LogP contribution in [0.25, 0.3) is 0 Å². The van der Waals surface area contributed by atoms with Gasteiger partial charge in [-0.25, -0.2) is 4.39 Å². The van der Waals surface area contributed by atoms with Crippen LogP contribution in [0.1, 0.15) is 26.7 Å². The summed E-state index contributed by atoms with van der Waals surface area (Å²) in [4.78, 5) is 14.2. The third kappa shape index (κ3) is 4.96. The minimum absolute atomic E-state index is 0.138. The average Bonchev–Trinajstić information content (AvgIpc) is 2.42. The molecule has 6 heteroatoms. The molecule has 1 saturated heterocycles. The summed E-state index contributed by atoms with van der Waals surface area (Å²) in [6.07, 6.45) is 1.53. The van der Waals surface area contributed by atoms with Gasteiger partial charge >= 0.3 is 0 Å². The zero-order valence-corrected chi connectivity index (χ0v) is 13.1. The molecule has 1 heterocycles. The molecule has 0 saturated carbocycles. The van der Waals surface area contributed by atoms with E-state index in [-0.39, 0.29) is 23.8 Å². The van der Waals surface area contributed by atoms with E-state index in [4.69, 9.17) is 10.5 Å². The molecule has 2 atom stereocenters. The number of halogens is 1. The van der Waals surface area contributed by atoms with E-state index >= 15 is 0 Å². The quantitative estimate of drug-likeness (QED) is 0.819. The SMILES string of the molecule is CC1CN(CCCC(=O)Nc2cc(N)ccc2F)CC(C)O1. The second kappa shape index (κ2) is 7.56. The van der Waals surface area contributed by atoms with Crippen LogP contribution in [-0.2, 0) is 9.53 Å². The zero-order chi connectivity index (χ0) is 16.1. The smallest absolute Gasteiger partial charge is 0.224 e. The first-order valence-electron chi connectivity index (χ1n) is 7.66. The monoisotopic (exact) mass is 309 g/mol. The summed E-state index contributed by atoms with van der Waals surface area (Å²) in [5.41, 5.74) is 6.15. The van der Waals surface area contributed by atoms with Gasteiger partial charge in [0.05, 0.1) is 17.9 Å². The number of nitrogen functional groups attached to an aromatic ring is 1. The van der Waals surface area contributed by atoms with Crippen molar-refractivity contribution in [2.45, 2.75) is 38.9 Å². The zero-order valence-electron chi connectivity index (χ0n) is 13.1. The van der Waals surface area contributed by atoms with Crippen LogP contribution in [0.5, 0.6) is 0 Å². The highest BCUT2D eigenvalue weighted by Gasteiger charge is 2.21. The molecule has 22 heavy (non-hydrogen) atoms. The van der Waals surface area contributed by atoms with Gasteiger partial charge in [-0.15, -0.1) is 0 Å². The highest BCUT2D eigenvalue weighted by atomic mass is 19.1. The van der Waals surface area contributed by atoms with Gasteiger partial charge in [-0.3, -0.25) is 9.69 Å². The number of rotatable bonds is 5. The van der Waals surface area contributed by atoms with Crippen LogP contribution in [0.2, 0.25) is 0 Å². The van der Waals surface area contributed by atoms with E-state index in [0.717, 1.165) is 26.1 Å². The second-order valence-electron chi connectivity index (χ2n) is 5.91. The number of nitrogens with zero attached hydrogens (tertiary/aromatic N) is 1. The number of ether oxygens (including phenoxy) is 1. The number of hydrogen-bond acceptors (Lipinski definition) is 4. The highest BCUT2D eigenvalue weighted by Crippen LogP contribution is 2.18. The van der Waals surface area contributed by atoms with Crippen molar-refractivity contribution in [1.29, 1.82) is 0 Å². The minimum atomic E-state index is -0.474. The van der Waals surface area contributed by atoms with E-state index in [1.807, 2.05) is 0 Å². The van der Waals surface area contributed by atoms with Gasteiger partial charge in [0, 0.05) is 25.2 Å². The number of morpholine rings is 1. The normalized spacial score (nSPS) is 22.5. The van der Waals surface area contributed by atoms with Crippen LogP contribution >= 0.6 is 0 Å². The summed E-state index contributed by atoms with van der Waals surface area (Å²) in [5, 5.41) is 2.57. The fourth-order valence-corrected chi connectivity index (χ4v) is 2.78. The molecule has 1 fully saturated rings. The molecule has 0 aromatic heterocycles. The van der Waals surface area contributed by atoms with Gasteiger partial charge in [-0.2, -0.15) is 0 Å². The van der Waals surface area contributed by atoms with Crippen molar-refractivity contribution in [2.24, 2.45) is 0 Å². The molecule has 1 aliphatic rings. The van der Waals surface area contributed by atoms with E-state index in [1.54, 1.807) is 0 Å². The molecule has 122 valence electrons. The van der Waals surface area contributed by atoms with E-state index < -0.39 is 5.82 Å². The van der Waals surface area contributed by atoms with E-state index in [9.17, 15) is 9.18 Å². The van der Waals surface area contributed by atoms with Crippen molar-refractivity contribution in [3.8, 4) is 0 Å². The van der Waals surface area contributed by atoms with Gasteiger partial charge in [-0.1, -0.05) is 0 Å². The van der Waals surface area contributed by atoms with Gasteiger partial charge in [0.25, 0.3) is 0 Å². The lowest BCUT2D eigenvalue weighted by Crippen LogP contribution is -2.45. The maximum absolute atomic E-state index is 13.5. The third-order valence-electron chi connectivity index (χ3n) is 3.64. The Labute approximate surface area is 130 Å². The number of carbonyl (C=O) groups is 1. The number of nitrogens with one attached hydrogen (secondary N) is 1. The number of anilines is 2. The molecule has 5 nitrogen and oxygen atoms in total. The number of benzene rings is 1. The lowest BCUT2D eigenvalue weighted by Gasteiger charge is -2.35. The van der Waals surface area contributed by atoms with Crippen LogP contribution < -0.4 is 11.1 Å². The molecule has 0 radical (unpaired) electrons. The van der Waals surface area contributed by atoms with Gasteiger partial charge in [0.15, 0.2) is 0 Å². The summed E-state index contributed by atoms with van der Waals surface area (Å²) in [7, 11) is 0. The molecule has 2 rings (SSSR count). The lowest BCUT2D eigenvalue weighted by atomic mass is 10.2. The highest BCUT2D eigenvalue weighted by molar-refractivity contribution is 5.91. The van der Waals surface area contributed by atoms with Crippen LogP contribution in [0, 0.1) is 5.82 Å². The Morgan fingerprint density at radius 2 is 2.09 bits per heavy atom. The first-order valence-corrected chi connectivity index (χ1v) is 7.66. The molecular formula is C16H24FN3O2. The number of amides is 1. The maximum Gasteiger partial charge on any atom is 0.224 e. The van der Waals surface area contributed by atoms with Crippen molar-refractivity contribution in [3.05, 3.63) is 24.0 Å². The van der Waals surface area contributed by atoms with Crippen molar-refractivity contribution < 1.29 is 13.9 Å². The largest absolute Gasteiger partial charge is 0.399 e. The Bertz CT molecular complexity index is 514. The predicted octanol–water partition coefficient (Wildman–Crippen LogP) is 2.24. The average molecular weight is 309 g/mol. The van der Waals surface area contributed by atoms with Crippen LogP contribution in [0.3, 0.4) is 0 Å². The van der Waals surface area contributed by atoms with E-state index in [1.165, 1.54) is 18.2 Å². The van der Waals surface area contributed by atoms with Gasteiger partial charge in [-0.05, 0) is 45.0 Å². The molecule has 0 bridgehead atoms. The van der Waals surface area contributed by atoms with Gasteiger partial charge < -0.3 is 15.8 Å². The summed E-state index contributed by atoms with van der Waals surface area (Å²) in [5.74, 6) is -0.669. The first kappa shape index (κ1) is 16.7. The Hall–Kier alpha value is -1.66. The summed E-state index contributed by atoms with van der Waals surface area (Å²) in [6, 6.07) is 4.14. The third-order valence-corrected chi connectivity index (χ3v) is 3.64. The van der Waals surface area contributed by atoms with Crippen LogP contribution in [0.4, 0.5) is 15.8 Å². The fourth-order valence-electron chi connectivity index (χ4n) is 2.78. The van der Waals surface area contributed by atoms with E-state index in [2.05, 4.69) is 24.1 Å². The lowest BCUT2D eigenvalue weighted by molar-refractivity contribution is -0.116. The molecule has 3 N–H and O–H groups in total. The molecule has 1 aliphatic heterocycles. The molecule has 1 amide bonds. The fraction of sp³-hybridized carbons (Fsp3) is 0.562. The number of nitrogens with two attached hydrogens (primary N) is 1. The summed E-state index contributed by atoms with van der Waals surface area (Å²) < 4.78 is 19.2. The number of carbonyl (C=O) groups excluding carboxylic acids is 1. The minimum Gasteiger partial charge on any atom is -0.399 e. The Balaban J connectivity index is 1.75. The molecule has 1 aromatic carbocycles. The van der Waals surface area contributed by atoms with Gasteiger partial charge in [0.1, 0.15) is 5.82 Å². The predicted molar refractivity (Wildman–Crippen MR) is 85.1 cm³/mol. The molecule has 0 aliphatic carbocycles. The maximum atomic E-state index is 13.5. The topological polar surface area (TPSA) is 67.6 Å². The van der Waals surface area contributed by atoms with Crippen molar-refractivity contribution >= 4 is 17.3 Å². The van der Waals surface area contributed by atoms with Crippen molar-refractivity contribution in [2.75, 3.05) is 30.7 Å². The van der Waals surface area contributed by atoms with Gasteiger partial charge in [0.2, 0.25) is 5.91 Å². The van der Waals surface area contributed by atoms with Crippen LogP contribution in [0.15, 0.2) is 18.2 Å². The molecule has 2 unspecified atom stereocenters. The molecular weight excluding hydrogens is 285 g/mol. The van der Waals surface area contributed by atoms with Crippen molar-refractivity contribution in [1.82, 2.24) is 4.90 Å². The van der Waals surface area contributed by atoms with Crippen LogP contribution in [-0.4, -0.2) is 42.6 Å². The first-order chi connectivity index (χ1) is 10.4. The van der Waals surface area contributed by atoms with Crippen molar-refractivity contribution in [3.63, 3.8) is 0 Å². The summed E-state index contributed by atoms with van der Waals surface area (Å²) >= 11 is 0. The van der Waals surface area contributed by atoms with E-state index in [0.29, 0.717) is 12.1 Å². The Kier molecular flexibility index (Phi) is 5.74.